The van der Waals surface area contributed by atoms with E-state index in [2.05, 4.69) is 210 Å². The lowest BCUT2D eigenvalue weighted by molar-refractivity contribution is 0.445. The molecule has 0 radical (unpaired) electrons. The van der Waals surface area contributed by atoms with Crippen molar-refractivity contribution in [2.45, 2.75) is 38.0 Å². The molecule has 1 heterocycles. The molecule has 0 amide bonds. The summed E-state index contributed by atoms with van der Waals surface area (Å²) in [5.41, 5.74) is 13.4. The third kappa shape index (κ3) is 5.87. The maximum Gasteiger partial charge on any atom is 0.0541 e. The van der Waals surface area contributed by atoms with Crippen molar-refractivity contribution in [2.24, 2.45) is 0 Å². The average molecular weight is 745 g/mol. The highest BCUT2D eigenvalue weighted by Gasteiger charge is 2.24. The van der Waals surface area contributed by atoms with Crippen molar-refractivity contribution in [3.63, 3.8) is 0 Å². The first-order valence-corrected chi connectivity index (χ1v) is 20.9. The predicted octanol–water partition coefficient (Wildman–Crippen LogP) is 15.9. The van der Waals surface area contributed by atoms with Crippen LogP contribution in [0, 0.1) is 0 Å². The number of hydrogen-bond donors (Lipinski definition) is 0. The van der Waals surface area contributed by atoms with E-state index < -0.39 is 0 Å². The Morgan fingerprint density at radius 2 is 1.05 bits per heavy atom. The van der Waals surface area contributed by atoms with E-state index in [0.717, 1.165) is 17.1 Å². The Bertz CT molecular complexity index is 3110. The summed E-state index contributed by atoms with van der Waals surface area (Å²) in [6.07, 6.45) is 6.50. The molecule has 0 bridgehead atoms. The van der Waals surface area contributed by atoms with Crippen LogP contribution < -0.4 is 4.90 Å². The minimum atomic E-state index is 0.589. The van der Waals surface area contributed by atoms with Gasteiger partial charge in [0.25, 0.3) is 0 Å². The molecular weight excluding hydrogens is 701 g/mol. The van der Waals surface area contributed by atoms with Gasteiger partial charge >= 0.3 is 0 Å². The number of aromatic nitrogens is 1. The second-order valence-corrected chi connectivity index (χ2v) is 15.9. The van der Waals surface area contributed by atoms with Crippen LogP contribution in [0.4, 0.5) is 17.1 Å². The number of hydrogen-bond acceptors (Lipinski definition) is 1. The van der Waals surface area contributed by atoms with Crippen LogP contribution in [-0.2, 0) is 0 Å². The Morgan fingerprint density at radius 1 is 0.414 bits per heavy atom. The normalized spacial score (nSPS) is 13.4. The minimum absolute atomic E-state index is 0.589. The maximum atomic E-state index is 2.51. The third-order valence-electron chi connectivity index (χ3n) is 12.6. The molecule has 0 saturated heterocycles. The second kappa shape index (κ2) is 14.6. The van der Waals surface area contributed by atoms with Gasteiger partial charge < -0.3 is 9.47 Å². The second-order valence-electron chi connectivity index (χ2n) is 15.9. The fourth-order valence-electron chi connectivity index (χ4n) is 9.88. The molecule has 278 valence electrons. The first-order chi connectivity index (χ1) is 28.8. The van der Waals surface area contributed by atoms with Gasteiger partial charge in [0.15, 0.2) is 0 Å². The van der Waals surface area contributed by atoms with Gasteiger partial charge in [-0.3, -0.25) is 0 Å². The van der Waals surface area contributed by atoms with E-state index in [9.17, 15) is 0 Å². The van der Waals surface area contributed by atoms with E-state index in [-0.39, 0.29) is 0 Å². The lowest BCUT2D eigenvalue weighted by Crippen LogP contribution is -2.12. The summed E-state index contributed by atoms with van der Waals surface area (Å²) in [4.78, 5) is 2.51. The first-order valence-electron chi connectivity index (χ1n) is 20.9. The molecule has 0 atom stereocenters. The van der Waals surface area contributed by atoms with Gasteiger partial charge in [0.05, 0.1) is 22.4 Å². The molecule has 10 aromatic rings. The van der Waals surface area contributed by atoms with Gasteiger partial charge in [-0.15, -0.1) is 0 Å². The average Bonchev–Trinajstić information content (AvgIpc) is 3.63. The van der Waals surface area contributed by atoms with Gasteiger partial charge in [0.2, 0.25) is 0 Å². The lowest BCUT2D eigenvalue weighted by atomic mass is 9.80. The molecule has 1 aromatic heterocycles. The highest BCUT2D eigenvalue weighted by Crippen LogP contribution is 2.48. The summed E-state index contributed by atoms with van der Waals surface area (Å²) in [6, 6.07) is 74.1. The molecule has 11 rings (SSSR count). The molecule has 0 spiro atoms. The van der Waals surface area contributed by atoms with Crippen LogP contribution >= 0.6 is 0 Å². The van der Waals surface area contributed by atoms with E-state index >= 15 is 0 Å². The van der Waals surface area contributed by atoms with Crippen LogP contribution in [-0.4, -0.2) is 4.57 Å². The molecule has 1 aliphatic rings. The monoisotopic (exact) mass is 744 g/mol. The van der Waals surface area contributed by atoms with Crippen molar-refractivity contribution < 1.29 is 0 Å². The SMILES string of the molecule is c1ccc(-n2c3ccccc3c3cc(-c4ccccc4N(c4ccc5ccccc5c4)c4ccccc4-c4cccc5cccc(C6CCCCC6)c45)ccc32)cc1. The zero-order valence-electron chi connectivity index (χ0n) is 32.6. The van der Waals surface area contributed by atoms with Gasteiger partial charge in [-0.25, -0.2) is 0 Å². The van der Waals surface area contributed by atoms with Crippen LogP contribution in [0.1, 0.15) is 43.6 Å². The van der Waals surface area contributed by atoms with E-state index in [0.29, 0.717) is 5.92 Å². The zero-order valence-corrected chi connectivity index (χ0v) is 32.6. The van der Waals surface area contributed by atoms with Gasteiger partial charge in [-0.2, -0.15) is 0 Å². The molecule has 1 saturated carbocycles. The Kier molecular flexibility index (Phi) is 8.62. The Balaban J connectivity index is 1.15. The number of benzene rings is 9. The molecule has 1 fully saturated rings. The molecule has 2 heteroatoms. The third-order valence-corrected chi connectivity index (χ3v) is 12.6. The zero-order chi connectivity index (χ0) is 38.4. The Labute approximate surface area is 340 Å². The number of para-hydroxylation sites is 4. The van der Waals surface area contributed by atoms with E-state index in [1.165, 1.54) is 109 Å². The summed E-state index contributed by atoms with van der Waals surface area (Å²) in [6.45, 7) is 0. The smallest absolute Gasteiger partial charge is 0.0541 e. The first kappa shape index (κ1) is 34.4. The number of fused-ring (bicyclic) bond motifs is 5. The van der Waals surface area contributed by atoms with Gasteiger partial charge in [0.1, 0.15) is 0 Å². The molecule has 0 unspecified atom stereocenters. The summed E-state index contributed by atoms with van der Waals surface area (Å²) in [5.74, 6) is 0.589. The van der Waals surface area contributed by atoms with Gasteiger partial charge in [-0.05, 0) is 112 Å². The van der Waals surface area contributed by atoms with E-state index in [1.807, 2.05) is 0 Å². The van der Waals surface area contributed by atoms with E-state index in [4.69, 9.17) is 0 Å². The molecule has 0 aliphatic heterocycles. The standard InChI is InChI=1S/C56H44N2/c1-3-18-40(19-4-1)47-28-15-21-41-22-16-29-50(56(41)47)48-26-10-13-31-53(48)58(45-35-33-39-17-7-8-20-42(39)37-45)52-30-12-9-25-46(52)43-34-36-55-51(38-43)49-27-11-14-32-54(49)57(55)44-23-5-2-6-24-44/h2,5-17,20-38,40H,1,3-4,18-19H2. The number of rotatable bonds is 7. The molecule has 0 N–H and O–H groups in total. The quantitative estimate of drug-likeness (QED) is 0.158. The molecule has 58 heavy (non-hydrogen) atoms. The van der Waals surface area contributed by atoms with Crippen molar-refractivity contribution in [1.82, 2.24) is 4.57 Å². The van der Waals surface area contributed by atoms with Crippen LogP contribution in [0.3, 0.4) is 0 Å². The van der Waals surface area contributed by atoms with Crippen LogP contribution in [0.25, 0.3) is 71.3 Å². The van der Waals surface area contributed by atoms with Crippen LogP contribution in [0.2, 0.25) is 0 Å². The summed E-state index contributed by atoms with van der Waals surface area (Å²) in [5, 5.41) is 7.67. The highest BCUT2D eigenvalue weighted by atomic mass is 15.1. The molecule has 2 nitrogen and oxygen atoms in total. The lowest BCUT2D eigenvalue weighted by Gasteiger charge is -2.31. The van der Waals surface area contributed by atoms with Crippen molar-refractivity contribution >= 4 is 60.4 Å². The van der Waals surface area contributed by atoms with Crippen molar-refractivity contribution in [3.05, 3.63) is 206 Å². The van der Waals surface area contributed by atoms with Crippen molar-refractivity contribution in [1.29, 1.82) is 0 Å². The Hall–Kier alpha value is -6.90. The maximum absolute atomic E-state index is 2.51. The van der Waals surface area contributed by atoms with Crippen LogP contribution in [0.5, 0.6) is 0 Å². The fourth-order valence-corrected chi connectivity index (χ4v) is 9.88. The molecule has 1 aliphatic carbocycles. The molecular formula is C56H44N2. The topological polar surface area (TPSA) is 8.17 Å². The largest absolute Gasteiger partial charge is 0.309 e. The van der Waals surface area contributed by atoms with Gasteiger partial charge in [-0.1, -0.05) is 165 Å². The van der Waals surface area contributed by atoms with Gasteiger partial charge in [0, 0.05) is 33.3 Å². The van der Waals surface area contributed by atoms with E-state index in [1.54, 1.807) is 0 Å². The van der Waals surface area contributed by atoms with Crippen molar-refractivity contribution in [3.8, 4) is 27.9 Å². The number of anilines is 3. The Morgan fingerprint density at radius 3 is 1.90 bits per heavy atom. The summed E-state index contributed by atoms with van der Waals surface area (Å²) in [7, 11) is 0. The minimum Gasteiger partial charge on any atom is -0.309 e. The fraction of sp³-hybridized carbons (Fsp3) is 0.107. The van der Waals surface area contributed by atoms with Crippen LogP contribution in [0.15, 0.2) is 200 Å². The number of nitrogens with zero attached hydrogens (tertiary/aromatic N) is 2. The molecule has 9 aromatic carbocycles. The van der Waals surface area contributed by atoms with Crippen molar-refractivity contribution in [2.75, 3.05) is 4.90 Å². The summed E-state index contributed by atoms with van der Waals surface area (Å²) >= 11 is 0. The predicted molar refractivity (Wildman–Crippen MR) is 247 cm³/mol. The highest BCUT2D eigenvalue weighted by molar-refractivity contribution is 6.11. The summed E-state index contributed by atoms with van der Waals surface area (Å²) < 4.78 is 2.39.